The predicted molar refractivity (Wildman–Crippen MR) is 132 cm³/mol. The number of esters is 1. The highest BCUT2D eigenvalue weighted by Crippen LogP contribution is 2.46. The molecule has 1 amide bonds. The number of nitrogens with one attached hydrogen (secondary N) is 1. The zero-order chi connectivity index (χ0) is 25.8. The maximum Gasteiger partial charge on any atom is 0.303 e. The first kappa shape index (κ1) is 27.6. The van der Waals surface area contributed by atoms with Gasteiger partial charge in [0.2, 0.25) is 5.91 Å². The SMILES string of the molecule is CC(=O)OC(C)/C=C/C(=O)N[C@@H]1CC[C@H](C/C=C(C)/C=C/[C@H]2OC(C)(C)C[C@@]3(CO3)[C@@H]2O)O[C@@H]1C. The van der Waals surface area contributed by atoms with Crippen LogP contribution in [0.4, 0.5) is 0 Å². The molecule has 7 atom stereocenters. The minimum Gasteiger partial charge on any atom is -0.459 e. The first-order valence-corrected chi connectivity index (χ1v) is 12.6. The van der Waals surface area contributed by atoms with E-state index in [0.29, 0.717) is 13.0 Å². The fourth-order valence-corrected chi connectivity index (χ4v) is 4.93. The summed E-state index contributed by atoms with van der Waals surface area (Å²) in [6, 6.07) is -0.0670. The molecule has 3 saturated heterocycles. The smallest absolute Gasteiger partial charge is 0.303 e. The van der Waals surface area contributed by atoms with Crippen LogP contribution in [0.2, 0.25) is 0 Å². The van der Waals surface area contributed by atoms with E-state index in [2.05, 4.69) is 11.4 Å². The first-order chi connectivity index (χ1) is 16.4. The number of carbonyl (C=O) groups excluding carboxylic acids is 2. The summed E-state index contributed by atoms with van der Waals surface area (Å²) in [5, 5.41) is 13.6. The Labute approximate surface area is 208 Å². The van der Waals surface area contributed by atoms with Gasteiger partial charge in [-0.3, -0.25) is 9.59 Å². The van der Waals surface area contributed by atoms with Crippen molar-refractivity contribution < 1.29 is 33.6 Å². The van der Waals surface area contributed by atoms with Gasteiger partial charge < -0.3 is 29.4 Å². The van der Waals surface area contributed by atoms with Gasteiger partial charge in [0, 0.05) is 19.4 Å². The standard InChI is InChI=1S/C27H41NO7/c1-17(8-13-23-25(31)27(16-32-27)15-26(5,6)35-23)7-10-21-11-12-22(19(3)34-21)28-24(30)14-9-18(2)33-20(4)29/h7-9,13-14,18-19,21-23,25,31H,10-12,15-16H2,1-6H3,(H,28,30)/b13-8+,14-9+,17-7+/t18?,19-,21+,22-,23-,25-,27-/m1/s1. The molecule has 2 N–H and O–H groups in total. The van der Waals surface area contributed by atoms with Gasteiger partial charge in [-0.25, -0.2) is 0 Å². The second kappa shape index (κ2) is 11.4. The molecule has 3 aliphatic heterocycles. The van der Waals surface area contributed by atoms with E-state index in [1.807, 2.05) is 39.8 Å². The monoisotopic (exact) mass is 491 g/mol. The summed E-state index contributed by atoms with van der Waals surface area (Å²) in [7, 11) is 0. The number of amides is 1. The Hall–Kier alpha value is -2.00. The number of aliphatic hydroxyl groups is 1. The van der Waals surface area contributed by atoms with Crippen molar-refractivity contribution >= 4 is 11.9 Å². The van der Waals surface area contributed by atoms with Crippen molar-refractivity contribution in [1.29, 1.82) is 0 Å². The molecule has 8 heteroatoms. The fourth-order valence-electron chi connectivity index (χ4n) is 4.93. The van der Waals surface area contributed by atoms with E-state index in [-0.39, 0.29) is 35.7 Å². The van der Waals surface area contributed by atoms with Crippen molar-refractivity contribution in [3.05, 3.63) is 36.0 Å². The molecule has 0 bridgehead atoms. The van der Waals surface area contributed by atoms with Crippen LogP contribution in [0.3, 0.4) is 0 Å². The van der Waals surface area contributed by atoms with Gasteiger partial charge in [-0.1, -0.05) is 23.8 Å². The molecule has 0 aromatic rings. The van der Waals surface area contributed by atoms with Gasteiger partial charge in [0.1, 0.15) is 23.9 Å². The quantitative estimate of drug-likeness (QED) is 0.232. The predicted octanol–water partition coefficient (Wildman–Crippen LogP) is 3.14. The molecule has 0 radical (unpaired) electrons. The summed E-state index contributed by atoms with van der Waals surface area (Å²) < 4.78 is 22.8. The summed E-state index contributed by atoms with van der Waals surface area (Å²) >= 11 is 0. The molecule has 0 aromatic carbocycles. The average molecular weight is 492 g/mol. The molecule has 0 aliphatic carbocycles. The molecule has 0 saturated carbocycles. The number of rotatable bonds is 8. The third-order valence-electron chi connectivity index (χ3n) is 6.77. The van der Waals surface area contributed by atoms with Crippen LogP contribution in [0, 0.1) is 0 Å². The summed E-state index contributed by atoms with van der Waals surface area (Å²) in [6.07, 6.45) is 10.6. The zero-order valence-electron chi connectivity index (χ0n) is 21.8. The van der Waals surface area contributed by atoms with Crippen molar-refractivity contribution in [3.8, 4) is 0 Å². The zero-order valence-corrected chi connectivity index (χ0v) is 21.8. The van der Waals surface area contributed by atoms with E-state index in [9.17, 15) is 14.7 Å². The molecule has 196 valence electrons. The maximum atomic E-state index is 12.2. The normalized spacial score (nSPS) is 35.9. The third-order valence-corrected chi connectivity index (χ3v) is 6.77. The Bertz CT molecular complexity index is 858. The highest BCUT2D eigenvalue weighted by Gasteiger charge is 2.60. The van der Waals surface area contributed by atoms with Crippen molar-refractivity contribution in [3.63, 3.8) is 0 Å². The molecule has 35 heavy (non-hydrogen) atoms. The Morgan fingerprint density at radius 1 is 1.23 bits per heavy atom. The van der Waals surface area contributed by atoms with Gasteiger partial charge >= 0.3 is 5.97 Å². The van der Waals surface area contributed by atoms with Gasteiger partial charge in [-0.15, -0.1) is 0 Å². The molecule has 3 aliphatic rings. The van der Waals surface area contributed by atoms with E-state index >= 15 is 0 Å². The molecule has 3 rings (SSSR count). The third kappa shape index (κ3) is 8.00. The second-order valence-electron chi connectivity index (χ2n) is 10.7. The minimum atomic E-state index is -0.658. The Morgan fingerprint density at radius 2 is 1.94 bits per heavy atom. The van der Waals surface area contributed by atoms with Crippen molar-refractivity contribution in [2.75, 3.05) is 6.61 Å². The minimum absolute atomic E-state index is 0.0670. The fraction of sp³-hybridized carbons (Fsp3) is 0.704. The van der Waals surface area contributed by atoms with Crippen LogP contribution < -0.4 is 5.32 Å². The topological polar surface area (TPSA) is 107 Å². The van der Waals surface area contributed by atoms with Gasteiger partial charge in [-0.05, 0) is 60.0 Å². The molecule has 8 nitrogen and oxygen atoms in total. The van der Waals surface area contributed by atoms with Crippen molar-refractivity contribution in [2.45, 2.75) is 115 Å². The lowest BCUT2D eigenvalue weighted by molar-refractivity contribution is -0.171. The highest BCUT2D eigenvalue weighted by atomic mass is 16.6. The van der Waals surface area contributed by atoms with Crippen LogP contribution in [-0.4, -0.2) is 71.4 Å². The van der Waals surface area contributed by atoms with Gasteiger partial charge in [-0.2, -0.15) is 0 Å². The molecule has 1 unspecified atom stereocenters. The Balaban J connectivity index is 1.44. The van der Waals surface area contributed by atoms with Crippen molar-refractivity contribution in [1.82, 2.24) is 5.32 Å². The van der Waals surface area contributed by atoms with E-state index in [4.69, 9.17) is 18.9 Å². The molecule has 3 fully saturated rings. The number of aliphatic hydroxyl groups excluding tert-OH is 1. The number of allylic oxidation sites excluding steroid dienone is 2. The molecular formula is C27H41NO7. The van der Waals surface area contributed by atoms with Crippen LogP contribution >= 0.6 is 0 Å². The number of hydrogen-bond acceptors (Lipinski definition) is 7. The molecule has 0 aromatic heterocycles. The lowest BCUT2D eigenvalue weighted by Crippen LogP contribution is -2.53. The average Bonchev–Trinajstić information content (AvgIpc) is 3.53. The number of epoxide rings is 1. The maximum absolute atomic E-state index is 12.2. The lowest BCUT2D eigenvalue weighted by Gasteiger charge is -2.41. The summed E-state index contributed by atoms with van der Waals surface area (Å²) in [4.78, 5) is 23.2. The Kier molecular flexibility index (Phi) is 8.96. The summed E-state index contributed by atoms with van der Waals surface area (Å²) in [5.74, 6) is -0.606. The lowest BCUT2D eigenvalue weighted by atomic mass is 9.83. The van der Waals surface area contributed by atoms with Gasteiger partial charge in [0.15, 0.2) is 0 Å². The summed E-state index contributed by atoms with van der Waals surface area (Å²) in [5.41, 5.74) is 0.285. The highest BCUT2D eigenvalue weighted by molar-refractivity contribution is 5.87. The van der Waals surface area contributed by atoms with E-state index in [1.54, 1.807) is 13.0 Å². The van der Waals surface area contributed by atoms with Crippen LogP contribution in [0.1, 0.15) is 67.2 Å². The van der Waals surface area contributed by atoms with Gasteiger partial charge in [0.05, 0.1) is 30.5 Å². The van der Waals surface area contributed by atoms with Crippen molar-refractivity contribution in [2.24, 2.45) is 0 Å². The number of ether oxygens (including phenoxy) is 4. The van der Waals surface area contributed by atoms with E-state index in [0.717, 1.165) is 24.8 Å². The van der Waals surface area contributed by atoms with Crippen LogP contribution in [0.15, 0.2) is 36.0 Å². The Morgan fingerprint density at radius 3 is 2.57 bits per heavy atom. The van der Waals surface area contributed by atoms with E-state index in [1.165, 1.54) is 13.0 Å². The van der Waals surface area contributed by atoms with Gasteiger partial charge in [0.25, 0.3) is 0 Å². The molecule has 3 heterocycles. The molecular weight excluding hydrogens is 450 g/mol. The first-order valence-electron chi connectivity index (χ1n) is 12.6. The number of hydrogen-bond donors (Lipinski definition) is 2. The number of carbonyl (C=O) groups is 2. The molecule has 1 spiro atoms. The van der Waals surface area contributed by atoms with Crippen LogP contribution in [-0.2, 0) is 28.5 Å². The van der Waals surface area contributed by atoms with Crippen LogP contribution in [0.25, 0.3) is 0 Å². The second-order valence-corrected chi connectivity index (χ2v) is 10.7. The van der Waals surface area contributed by atoms with Crippen LogP contribution in [0.5, 0.6) is 0 Å². The van der Waals surface area contributed by atoms with E-state index < -0.39 is 23.9 Å². The largest absolute Gasteiger partial charge is 0.459 e. The summed E-state index contributed by atoms with van der Waals surface area (Å²) in [6.45, 7) is 11.7.